The Morgan fingerprint density at radius 1 is 1.11 bits per heavy atom. The molecular weight excluding hydrogens is 312 g/mol. The molecule has 1 heterocycles. The fraction of sp³-hybridized carbons (Fsp3) is 0. The van der Waals surface area contributed by atoms with Crippen LogP contribution in [0.4, 0.5) is 0 Å². The minimum Gasteiger partial charge on any atom is -0.474 e. The standard InChI is InChI=1S/C13H7BrN2O3/c14-10-4-3-7-5-9(2-1-8(7)6-10)11-15-16-12(19-11)13(17)18/h1-6H,(H,17,18). The second-order valence-electron chi connectivity index (χ2n) is 3.92. The Balaban J connectivity index is 2.09. The van der Waals surface area contributed by atoms with Gasteiger partial charge in [0.2, 0.25) is 5.89 Å². The highest BCUT2D eigenvalue weighted by molar-refractivity contribution is 9.10. The van der Waals surface area contributed by atoms with E-state index in [1.54, 1.807) is 0 Å². The highest BCUT2D eigenvalue weighted by Crippen LogP contribution is 2.25. The maximum atomic E-state index is 10.7. The molecule has 0 aliphatic carbocycles. The number of carboxylic acids is 1. The number of benzene rings is 2. The third kappa shape index (κ3) is 2.22. The highest BCUT2D eigenvalue weighted by atomic mass is 79.9. The summed E-state index contributed by atoms with van der Waals surface area (Å²) >= 11 is 3.41. The van der Waals surface area contributed by atoms with Crippen molar-refractivity contribution < 1.29 is 14.3 Å². The van der Waals surface area contributed by atoms with Crippen molar-refractivity contribution in [3.8, 4) is 11.5 Å². The lowest BCUT2D eigenvalue weighted by molar-refractivity contribution is 0.0654. The van der Waals surface area contributed by atoms with Gasteiger partial charge in [-0.2, -0.15) is 0 Å². The maximum Gasteiger partial charge on any atom is 0.393 e. The van der Waals surface area contributed by atoms with E-state index in [9.17, 15) is 4.79 Å². The summed E-state index contributed by atoms with van der Waals surface area (Å²) < 4.78 is 6.07. The lowest BCUT2D eigenvalue weighted by atomic mass is 10.1. The summed E-state index contributed by atoms with van der Waals surface area (Å²) in [6, 6.07) is 11.5. The van der Waals surface area contributed by atoms with Crippen LogP contribution in [0.3, 0.4) is 0 Å². The van der Waals surface area contributed by atoms with E-state index in [-0.39, 0.29) is 5.89 Å². The number of aromatic nitrogens is 2. The van der Waals surface area contributed by atoms with Crippen molar-refractivity contribution >= 4 is 32.7 Å². The Bertz CT molecular complexity index is 782. The molecule has 19 heavy (non-hydrogen) atoms. The molecule has 1 aromatic heterocycles. The summed E-state index contributed by atoms with van der Waals surface area (Å²) in [4.78, 5) is 10.7. The number of fused-ring (bicyclic) bond motifs is 1. The second-order valence-corrected chi connectivity index (χ2v) is 4.84. The van der Waals surface area contributed by atoms with Crippen molar-refractivity contribution in [2.24, 2.45) is 0 Å². The normalized spacial score (nSPS) is 10.8. The Morgan fingerprint density at radius 3 is 2.58 bits per heavy atom. The van der Waals surface area contributed by atoms with Crippen LogP contribution in [0.25, 0.3) is 22.2 Å². The highest BCUT2D eigenvalue weighted by Gasteiger charge is 2.14. The zero-order valence-electron chi connectivity index (χ0n) is 9.50. The van der Waals surface area contributed by atoms with Gasteiger partial charge in [-0.15, -0.1) is 10.2 Å². The van der Waals surface area contributed by atoms with Crippen LogP contribution in [0, 0.1) is 0 Å². The first-order valence-corrected chi connectivity index (χ1v) is 6.19. The van der Waals surface area contributed by atoms with Gasteiger partial charge >= 0.3 is 11.9 Å². The van der Waals surface area contributed by atoms with Gasteiger partial charge in [0, 0.05) is 10.0 Å². The molecule has 0 saturated carbocycles. The van der Waals surface area contributed by atoms with E-state index in [2.05, 4.69) is 26.1 Å². The van der Waals surface area contributed by atoms with Crippen LogP contribution in [-0.4, -0.2) is 21.3 Å². The first-order chi connectivity index (χ1) is 9.13. The third-order valence-electron chi connectivity index (χ3n) is 2.66. The van der Waals surface area contributed by atoms with Gasteiger partial charge in [-0.1, -0.05) is 28.1 Å². The molecule has 1 N–H and O–H groups in total. The van der Waals surface area contributed by atoms with Crippen LogP contribution < -0.4 is 0 Å². The van der Waals surface area contributed by atoms with Crippen LogP contribution in [0.5, 0.6) is 0 Å². The van der Waals surface area contributed by atoms with Crippen molar-refractivity contribution in [1.29, 1.82) is 0 Å². The molecule has 0 bridgehead atoms. The lowest BCUT2D eigenvalue weighted by Gasteiger charge is -2.00. The van der Waals surface area contributed by atoms with Crippen molar-refractivity contribution in [3.05, 3.63) is 46.8 Å². The minimum absolute atomic E-state index is 0.196. The number of rotatable bonds is 2. The zero-order valence-corrected chi connectivity index (χ0v) is 11.1. The summed E-state index contributed by atoms with van der Waals surface area (Å²) in [7, 11) is 0. The molecule has 0 amide bonds. The van der Waals surface area contributed by atoms with Gasteiger partial charge in [0.15, 0.2) is 0 Å². The number of carboxylic acid groups (broad SMARTS) is 1. The quantitative estimate of drug-likeness (QED) is 0.784. The molecule has 3 rings (SSSR count). The van der Waals surface area contributed by atoms with E-state index in [1.165, 1.54) is 0 Å². The first kappa shape index (κ1) is 11.9. The van der Waals surface area contributed by atoms with Gasteiger partial charge in [-0.3, -0.25) is 0 Å². The Kier molecular flexibility index (Phi) is 2.79. The molecule has 0 saturated heterocycles. The molecule has 0 unspecified atom stereocenters. The fourth-order valence-electron chi connectivity index (χ4n) is 1.78. The number of carbonyl (C=O) groups is 1. The molecule has 0 atom stereocenters. The van der Waals surface area contributed by atoms with Crippen LogP contribution >= 0.6 is 15.9 Å². The van der Waals surface area contributed by atoms with E-state index in [0.29, 0.717) is 5.56 Å². The van der Waals surface area contributed by atoms with Gasteiger partial charge < -0.3 is 9.52 Å². The largest absolute Gasteiger partial charge is 0.474 e. The van der Waals surface area contributed by atoms with E-state index in [4.69, 9.17) is 9.52 Å². The molecule has 3 aromatic rings. The molecule has 0 radical (unpaired) electrons. The summed E-state index contributed by atoms with van der Waals surface area (Å²) in [5, 5.41) is 18.0. The molecule has 6 heteroatoms. The summed E-state index contributed by atoms with van der Waals surface area (Å²) in [6.07, 6.45) is 0. The second kappa shape index (κ2) is 4.47. The average Bonchev–Trinajstić information content (AvgIpc) is 2.88. The van der Waals surface area contributed by atoms with Gasteiger partial charge in [-0.05, 0) is 35.0 Å². The van der Waals surface area contributed by atoms with Crippen LogP contribution in [-0.2, 0) is 0 Å². The van der Waals surface area contributed by atoms with E-state index >= 15 is 0 Å². The average molecular weight is 319 g/mol. The van der Waals surface area contributed by atoms with Gasteiger partial charge in [0.1, 0.15) is 0 Å². The Morgan fingerprint density at radius 2 is 1.84 bits per heavy atom. The summed E-state index contributed by atoms with van der Waals surface area (Å²) in [5.74, 6) is -1.45. The maximum absolute atomic E-state index is 10.7. The number of halogens is 1. The molecular formula is C13H7BrN2O3. The monoisotopic (exact) mass is 318 g/mol. The third-order valence-corrected chi connectivity index (χ3v) is 3.15. The molecule has 2 aromatic carbocycles. The van der Waals surface area contributed by atoms with E-state index in [0.717, 1.165) is 15.2 Å². The van der Waals surface area contributed by atoms with Crippen molar-refractivity contribution in [1.82, 2.24) is 10.2 Å². The zero-order chi connectivity index (χ0) is 13.4. The van der Waals surface area contributed by atoms with E-state index < -0.39 is 11.9 Å². The topological polar surface area (TPSA) is 76.2 Å². The molecule has 5 nitrogen and oxygen atoms in total. The number of hydrogen-bond acceptors (Lipinski definition) is 4. The fourth-order valence-corrected chi connectivity index (χ4v) is 2.15. The predicted molar refractivity (Wildman–Crippen MR) is 71.9 cm³/mol. The summed E-state index contributed by atoms with van der Waals surface area (Å²) in [6.45, 7) is 0. The molecule has 0 spiro atoms. The van der Waals surface area contributed by atoms with Crippen molar-refractivity contribution in [2.75, 3.05) is 0 Å². The summed E-state index contributed by atoms with van der Waals surface area (Å²) in [5.41, 5.74) is 0.690. The van der Waals surface area contributed by atoms with Crippen LogP contribution in [0.1, 0.15) is 10.7 Å². The molecule has 0 aliphatic rings. The number of hydrogen-bond donors (Lipinski definition) is 1. The van der Waals surface area contributed by atoms with Crippen LogP contribution in [0.2, 0.25) is 0 Å². The number of aromatic carboxylic acids is 1. The van der Waals surface area contributed by atoms with Crippen molar-refractivity contribution in [2.45, 2.75) is 0 Å². The van der Waals surface area contributed by atoms with Crippen LogP contribution in [0.15, 0.2) is 45.3 Å². The minimum atomic E-state index is -1.23. The Hall–Kier alpha value is -2.21. The van der Waals surface area contributed by atoms with Crippen molar-refractivity contribution in [3.63, 3.8) is 0 Å². The SMILES string of the molecule is O=C(O)c1nnc(-c2ccc3cc(Br)ccc3c2)o1. The number of nitrogens with zero attached hydrogens (tertiary/aromatic N) is 2. The molecule has 0 fully saturated rings. The van der Waals surface area contributed by atoms with E-state index in [1.807, 2.05) is 36.4 Å². The van der Waals surface area contributed by atoms with Gasteiger partial charge in [0.05, 0.1) is 0 Å². The first-order valence-electron chi connectivity index (χ1n) is 5.40. The molecule has 0 aliphatic heterocycles. The predicted octanol–water partition coefficient (Wildman–Crippen LogP) is 3.35. The van der Waals surface area contributed by atoms with Gasteiger partial charge in [0.25, 0.3) is 0 Å². The lowest BCUT2D eigenvalue weighted by Crippen LogP contribution is -1.95. The Labute approximate surface area is 116 Å². The smallest absolute Gasteiger partial charge is 0.393 e. The van der Waals surface area contributed by atoms with Gasteiger partial charge in [-0.25, -0.2) is 4.79 Å². The molecule has 94 valence electrons.